The number of aromatic nitrogens is 1. The largest absolute Gasteiger partial charge is 0.438 e. The predicted molar refractivity (Wildman–Crippen MR) is 84.2 cm³/mol. The zero-order chi connectivity index (χ0) is 15.4. The van der Waals surface area contributed by atoms with E-state index in [4.69, 9.17) is 4.42 Å². The molecular weight excluding hydrogens is 276 g/mol. The van der Waals surface area contributed by atoms with Crippen LogP contribution in [0.1, 0.15) is 16.1 Å². The van der Waals surface area contributed by atoms with Gasteiger partial charge in [0.05, 0.1) is 0 Å². The maximum atomic E-state index is 12.6. The summed E-state index contributed by atoms with van der Waals surface area (Å²) in [5.74, 6) is 0.0878. The number of benzene rings is 2. The van der Waals surface area contributed by atoms with E-state index < -0.39 is 0 Å². The van der Waals surface area contributed by atoms with E-state index >= 15 is 0 Å². The van der Waals surface area contributed by atoms with E-state index in [9.17, 15) is 4.79 Å². The first-order valence-corrected chi connectivity index (χ1v) is 7.04. The third-order valence-corrected chi connectivity index (χ3v) is 3.42. The molecule has 2 aromatic carbocycles. The number of amides is 1. The Morgan fingerprint density at radius 3 is 2.36 bits per heavy atom. The van der Waals surface area contributed by atoms with Crippen LogP contribution in [0.5, 0.6) is 0 Å². The molecule has 1 amide bonds. The molecule has 0 N–H and O–H groups in total. The lowest BCUT2D eigenvalue weighted by atomic mass is 10.1. The van der Waals surface area contributed by atoms with Crippen molar-refractivity contribution >= 4 is 5.91 Å². The van der Waals surface area contributed by atoms with Crippen LogP contribution in [-0.2, 0) is 6.54 Å². The highest BCUT2D eigenvalue weighted by molar-refractivity contribution is 5.96. The molecule has 0 bridgehead atoms. The fraction of sp³-hybridized carbons (Fsp3) is 0.111. The minimum absolute atomic E-state index is 0.180. The van der Waals surface area contributed by atoms with Crippen molar-refractivity contribution in [2.24, 2.45) is 0 Å². The Bertz CT molecular complexity index is 751. The van der Waals surface area contributed by atoms with Crippen molar-refractivity contribution in [2.75, 3.05) is 7.05 Å². The molecule has 1 aromatic heterocycles. The lowest BCUT2D eigenvalue weighted by Gasteiger charge is -2.16. The van der Waals surface area contributed by atoms with Crippen LogP contribution in [0.2, 0.25) is 0 Å². The van der Waals surface area contributed by atoms with Crippen LogP contribution < -0.4 is 0 Å². The van der Waals surface area contributed by atoms with Gasteiger partial charge >= 0.3 is 0 Å². The van der Waals surface area contributed by atoms with Crippen LogP contribution >= 0.6 is 0 Å². The van der Waals surface area contributed by atoms with Gasteiger partial charge in [0, 0.05) is 19.2 Å². The van der Waals surface area contributed by atoms with E-state index in [1.807, 2.05) is 60.7 Å². The van der Waals surface area contributed by atoms with Gasteiger partial charge in [-0.05, 0) is 5.56 Å². The smallest absolute Gasteiger partial charge is 0.291 e. The normalized spacial score (nSPS) is 10.4. The molecule has 0 aliphatic carbocycles. The highest BCUT2D eigenvalue weighted by Gasteiger charge is 2.21. The lowest BCUT2D eigenvalue weighted by molar-refractivity contribution is 0.0754. The molecule has 110 valence electrons. The summed E-state index contributed by atoms with van der Waals surface area (Å²) in [5, 5.41) is 0. The Morgan fingerprint density at radius 2 is 1.68 bits per heavy atom. The zero-order valence-corrected chi connectivity index (χ0v) is 12.3. The summed E-state index contributed by atoms with van der Waals surface area (Å²) in [5.41, 5.74) is 2.51. The number of hydrogen-bond donors (Lipinski definition) is 0. The molecule has 0 aliphatic rings. The maximum Gasteiger partial charge on any atom is 0.291 e. The van der Waals surface area contributed by atoms with Crippen LogP contribution in [0, 0.1) is 0 Å². The summed E-state index contributed by atoms with van der Waals surface area (Å²) in [6.45, 7) is 0.522. The average Bonchev–Trinajstić information content (AvgIpc) is 3.05. The molecule has 4 heteroatoms. The third kappa shape index (κ3) is 2.91. The second kappa shape index (κ2) is 6.26. The first-order valence-electron chi connectivity index (χ1n) is 7.04. The minimum atomic E-state index is -0.180. The first kappa shape index (κ1) is 14.1. The van der Waals surface area contributed by atoms with Crippen molar-refractivity contribution in [3.8, 4) is 11.3 Å². The number of rotatable bonds is 4. The van der Waals surface area contributed by atoms with Gasteiger partial charge in [0.2, 0.25) is 5.76 Å². The molecule has 3 aromatic rings. The molecular formula is C18H16N2O2. The van der Waals surface area contributed by atoms with Crippen molar-refractivity contribution in [1.29, 1.82) is 0 Å². The van der Waals surface area contributed by atoms with Gasteiger partial charge in [0.1, 0.15) is 5.69 Å². The molecule has 0 saturated heterocycles. The topological polar surface area (TPSA) is 46.3 Å². The molecule has 4 nitrogen and oxygen atoms in total. The lowest BCUT2D eigenvalue weighted by Crippen LogP contribution is -2.26. The monoisotopic (exact) mass is 292 g/mol. The molecule has 22 heavy (non-hydrogen) atoms. The SMILES string of the molecule is CN(Cc1ccccc1)C(=O)c1ocnc1-c1ccccc1. The van der Waals surface area contributed by atoms with Crippen LogP contribution in [0.15, 0.2) is 71.5 Å². The molecule has 0 spiro atoms. The standard InChI is InChI=1S/C18H16N2O2/c1-20(12-14-8-4-2-5-9-14)18(21)17-16(19-13-22-17)15-10-6-3-7-11-15/h2-11,13H,12H2,1H3. The molecule has 0 fully saturated rings. The van der Waals surface area contributed by atoms with Crippen molar-refractivity contribution in [1.82, 2.24) is 9.88 Å². The molecule has 1 heterocycles. The molecule has 0 saturated carbocycles. The van der Waals surface area contributed by atoms with E-state index in [0.29, 0.717) is 12.2 Å². The average molecular weight is 292 g/mol. The van der Waals surface area contributed by atoms with E-state index in [2.05, 4.69) is 4.98 Å². The molecule has 3 rings (SSSR count). The highest BCUT2D eigenvalue weighted by Crippen LogP contribution is 2.23. The van der Waals surface area contributed by atoms with E-state index in [1.54, 1.807) is 11.9 Å². The Morgan fingerprint density at radius 1 is 1.05 bits per heavy atom. The number of carbonyl (C=O) groups is 1. The van der Waals surface area contributed by atoms with E-state index in [0.717, 1.165) is 11.1 Å². The molecule has 0 radical (unpaired) electrons. The van der Waals surface area contributed by atoms with Gasteiger partial charge in [-0.15, -0.1) is 0 Å². The fourth-order valence-corrected chi connectivity index (χ4v) is 2.30. The van der Waals surface area contributed by atoms with Crippen molar-refractivity contribution < 1.29 is 9.21 Å². The molecule has 0 unspecified atom stereocenters. The first-order chi connectivity index (χ1) is 10.8. The number of hydrogen-bond acceptors (Lipinski definition) is 3. The summed E-state index contributed by atoms with van der Waals surface area (Å²) in [6, 6.07) is 19.4. The van der Waals surface area contributed by atoms with Gasteiger partial charge < -0.3 is 9.32 Å². The zero-order valence-electron chi connectivity index (χ0n) is 12.3. The quantitative estimate of drug-likeness (QED) is 0.738. The van der Waals surface area contributed by atoms with Gasteiger partial charge in [0.25, 0.3) is 5.91 Å². The third-order valence-electron chi connectivity index (χ3n) is 3.42. The summed E-state index contributed by atoms with van der Waals surface area (Å²) in [7, 11) is 1.76. The number of nitrogens with zero attached hydrogens (tertiary/aromatic N) is 2. The second-order valence-corrected chi connectivity index (χ2v) is 5.04. The Labute approximate surface area is 129 Å². The van der Waals surface area contributed by atoms with Gasteiger partial charge in [-0.2, -0.15) is 0 Å². The highest BCUT2D eigenvalue weighted by atomic mass is 16.3. The number of oxazole rings is 1. The predicted octanol–water partition coefficient (Wildman–Crippen LogP) is 3.61. The Kier molecular flexibility index (Phi) is 4.01. The van der Waals surface area contributed by atoms with E-state index in [1.165, 1.54) is 6.39 Å². The van der Waals surface area contributed by atoms with Gasteiger partial charge in [-0.3, -0.25) is 4.79 Å². The summed E-state index contributed by atoms with van der Waals surface area (Å²) >= 11 is 0. The van der Waals surface area contributed by atoms with Crippen molar-refractivity contribution in [3.63, 3.8) is 0 Å². The number of carbonyl (C=O) groups excluding carboxylic acids is 1. The van der Waals surface area contributed by atoms with Crippen LogP contribution in [-0.4, -0.2) is 22.8 Å². The summed E-state index contributed by atoms with van der Waals surface area (Å²) < 4.78 is 5.34. The van der Waals surface area contributed by atoms with Crippen molar-refractivity contribution in [3.05, 3.63) is 78.4 Å². The van der Waals surface area contributed by atoms with Gasteiger partial charge in [-0.25, -0.2) is 4.98 Å². The summed E-state index contributed by atoms with van der Waals surface area (Å²) in [6.07, 6.45) is 1.31. The van der Waals surface area contributed by atoms with Gasteiger partial charge in [-0.1, -0.05) is 60.7 Å². The Hall–Kier alpha value is -2.88. The van der Waals surface area contributed by atoms with Crippen LogP contribution in [0.25, 0.3) is 11.3 Å². The molecule has 0 atom stereocenters. The minimum Gasteiger partial charge on any atom is -0.438 e. The molecule has 0 aliphatic heterocycles. The fourth-order valence-electron chi connectivity index (χ4n) is 2.30. The van der Waals surface area contributed by atoms with Crippen molar-refractivity contribution in [2.45, 2.75) is 6.54 Å². The Balaban J connectivity index is 1.83. The summed E-state index contributed by atoms with van der Waals surface area (Å²) in [4.78, 5) is 18.4. The maximum absolute atomic E-state index is 12.6. The second-order valence-electron chi connectivity index (χ2n) is 5.04. The van der Waals surface area contributed by atoms with Crippen LogP contribution in [0.4, 0.5) is 0 Å². The van der Waals surface area contributed by atoms with Gasteiger partial charge in [0.15, 0.2) is 6.39 Å². The van der Waals surface area contributed by atoms with Crippen LogP contribution in [0.3, 0.4) is 0 Å². The van der Waals surface area contributed by atoms with E-state index in [-0.39, 0.29) is 11.7 Å².